The topological polar surface area (TPSA) is 29.9 Å². The number of rotatable bonds is 7. The normalized spacial score (nSPS) is 12.8. The van der Waals surface area contributed by atoms with Crippen LogP contribution in [0.1, 0.15) is 47.5 Å². The fraction of sp³-hybridized carbons (Fsp3) is 0.562. The van der Waals surface area contributed by atoms with E-state index in [0.29, 0.717) is 6.04 Å². The van der Waals surface area contributed by atoms with Crippen LogP contribution in [-0.2, 0) is 13.0 Å². The maximum Gasteiger partial charge on any atom is 0.0738 e. The van der Waals surface area contributed by atoms with Crippen molar-refractivity contribution in [2.75, 3.05) is 6.54 Å². The van der Waals surface area contributed by atoms with E-state index in [2.05, 4.69) is 70.9 Å². The summed E-state index contributed by atoms with van der Waals surface area (Å²) in [6.07, 6.45) is 2.11. The average Bonchev–Trinajstić information content (AvgIpc) is 3.01. The second-order valence-electron chi connectivity index (χ2n) is 5.32. The zero-order valence-corrected chi connectivity index (χ0v) is 15.6. The number of nitrogens with one attached hydrogen (secondary N) is 1. The fourth-order valence-electron chi connectivity index (χ4n) is 2.49. The van der Waals surface area contributed by atoms with Gasteiger partial charge in [-0.1, -0.05) is 6.92 Å². The van der Waals surface area contributed by atoms with Gasteiger partial charge < -0.3 is 5.32 Å². The van der Waals surface area contributed by atoms with Gasteiger partial charge in [-0.3, -0.25) is 4.68 Å². The van der Waals surface area contributed by atoms with Gasteiger partial charge in [-0.05, 0) is 61.8 Å². The van der Waals surface area contributed by atoms with Gasteiger partial charge >= 0.3 is 0 Å². The largest absolute Gasteiger partial charge is 0.309 e. The number of nitrogens with zero attached hydrogens (tertiary/aromatic N) is 2. The molecule has 2 rings (SSSR count). The number of hydrogen-bond donors (Lipinski definition) is 1. The van der Waals surface area contributed by atoms with Gasteiger partial charge in [0.05, 0.1) is 15.9 Å². The lowest BCUT2D eigenvalue weighted by Crippen LogP contribution is -2.24. The Hall–Kier alpha value is -0.650. The number of hydrogen-bond acceptors (Lipinski definition) is 3. The second kappa shape index (κ2) is 7.56. The van der Waals surface area contributed by atoms with Crippen molar-refractivity contribution >= 4 is 27.3 Å². The number of thiophene rings is 1. The van der Waals surface area contributed by atoms with E-state index in [1.54, 1.807) is 0 Å². The SMILES string of the molecule is CCCNC(Cc1c(Br)c(C)nn1CC)c1ccc(C)s1. The lowest BCUT2D eigenvalue weighted by Gasteiger charge is -2.18. The quantitative estimate of drug-likeness (QED) is 0.770. The van der Waals surface area contributed by atoms with E-state index in [1.165, 1.54) is 15.4 Å². The van der Waals surface area contributed by atoms with Crippen molar-refractivity contribution in [2.45, 2.75) is 53.1 Å². The molecule has 0 saturated heterocycles. The van der Waals surface area contributed by atoms with E-state index in [9.17, 15) is 0 Å². The van der Waals surface area contributed by atoms with Gasteiger partial charge in [-0.2, -0.15) is 5.10 Å². The van der Waals surface area contributed by atoms with Crippen LogP contribution in [0.2, 0.25) is 0 Å². The van der Waals surface area contributed by atoms with Crippen molar-refractivity contribution in [1.82, 2.24) is 15.1 Å². The van der Waals surface area contributed by atoms with Gasteiger partial charge in [-0.15, -0.1) is 11.3 Å². The van der Waals surface area contributed by atoms with Crippen molar-refractivity contribution in [3.05, 3.63) is 37.7 Å². The predicted octanol–water partition coefficient (Wildman–Crippen LogP) is 4.63. The Labute approximate surface area is 139 Å². The summed E-state index contributed by atoms with van der Waals surface area (Å²) in [7, 11) is 0. The summed E-state index contributed by atoms with van der Waals surface area (Å²) in [5.74, 6) is 0. The maximum atomic E-state index is 4.61. The average molecular weight is 370 g/mol. The molecule has 0 fully saturated rings. The molecular weight excluding hydrogens is 346 g/mol. The van der Waals surface area contributed by atoms with Crippen LogP contribution < -0.4 is 5.32 Å². The Morgan fingerprint density at radius 2 is 2.10 bits per heavy atom. The summed E-state index contributed by atoms with van der Waals surface area (Å²) in [6, 6.07) is 4.82. The molecule has 5 heteroatoms. The van der Waals surface area contributed by atoms with Gasteiger partial charge in [0, 0.05) is 28.8 Å². The molecule has 2 aromatic rings. The minimum Gasteiger partial charge on any atom is -0.309 e. The van der Waals surface area contributed by atoms with Crippen LogP contribution in [0, 0.1) is 13.8 Å². The lowest BCUT2D eigenvalue weighted by molar-refractivity contribution is 0.507. The molecular formula is C16H24BrN3S. The smallest absolute Gasteiger partial charge is 0.0738 e. The summed E-state index contributed by atoms with van der Waals surface area (Å²) in [5.41, 5.74) is 2.36. The van der Waals surface area contributed by atoms with Crippen molar-refractivity contribution < 1.29 is 0 Å². The molecule has 0 spiro atoms. The van der Waals surface area contributed by atoms with Crippen LogP contribution in [-0.4, -0.2) is 16.3 Å². The van der Waals surface area contributed by atoms with E-state index >= 15 is 0 Å². The standard InChI is InChI=1S/C16H24BrN3S/c1-5-9-18-13(15-8-7-11(3)21-15)10-14-16(17)12(4)19-20(14)6-2/h7-8,13,18H,5-6,9-10H2,1-4H3. The van der Waals surface area contributed by atoms with Gasteiger partial charge in [0.15, 0.2) is 0 Å². The Kier molecular flexibility index (Phi) is 6.02. The molecule has 2 aromatic heterocycles. The first-order chi connectivity index (χ1) is 10.1. The van der Waals surface area contributed by atoms with E-state index < -0.39 is 0 Å². The van der Waals surface area contributed by atoms with Crippen molar-refractivity contribution in [2.24, 2.45) is 0 Å². The zero-order chi connectivity index (χ0) is 15.4. The van der Waals surface area contributed by atoms with Crippen LogP contribution in [0.15, 0.2) is 16.6 Å². The third-order valence-electron chi connectivity index (χ3n) is 3.60. The summed E-state index contributed by atoms with van der Waals surface area (Å²) >= 11 is 5.59. The van der Waals surface area contributed by atoms with Gasteiger partial charge in [0.1, 0.15) is 0 Å². The molecule has 0 amide bonds. The second-order valence-corrected chi connectivity index (χ2v) is 7.43. The Balaban J connectivity index is 2.26. The molecule has 3 nitrogen and oxygen atoms in total. The summed E-state index contributed by atoms with van der Waals surface area (Å²) in [5, 5.41) is 8.29. The van der Waals surface area contributed by atoms with Crippen molar-refractivity contribution in [1.29, 1.82) is 0 Å². The monoisotopic (exact) mass is 369 g/mol. The first-order valence-corrected chi connectivity index (χ1v) is 9.19. The maximum absolute atomic E-state index is 4.61. The molecule has 0 aliphatic heterocycles. The third-order valence-corrected chi connectivity index (χ3v) is 5.74. The minimum atomic E-state index is 0.362. The molecule has 0 aliphatic rings. The zero-order valence-electron chi connectivity index (χ0n) is 13.2. The molecule has 2 heterocycles. The molecule has 21 heavy (non-hydrogen) atoms. The first kappa shape index (κ1) is 16.7. The van der Waals surface area contributed by atoms with Gasteiger partial charge in [0.2, 0.25) is 0 Å². The van der Waals surface area contributed by atoms with Crippen molar-refractivity contribution in [3.8, 4) is 0 Å². The number of halogens is 1. The van der Waals surface area contributed by atoms with Gasteiger partial charge in [-0.25, -0.2) is 0 Å². The first-order valence-electron chi connectivity index (χ1n) is 7.58. The van der Waals surface area contributed by atoms with E-state index in [-0.39, 0.29) is 0 Å². The predicted molar refractivity (Wildman–Crippen MR) is 94.1 cm³/mol. The molecule has 0 saturated carbocycles. The van der Waals surface area contributed by atoms with E-state index in [1.807, 2.05) is 11.3 Å². The molecule has 116 valence electrons. The number of aromatic nitrogens is 2. The van der Waals surface area contributed by atoms with Crippen molar-refractivity contribution in [3.63, 3.8) is 0 Å². The summed E-state index contributed by atoms with van der Waals surface area (Å²) in [6.45, 7) is 10.5. The Morgan fingerprint density at radius 1 is 1.33 bits per heavy atom. The van der Waals surface area contributed by atoms with Gasteiger partial charge in [0.25, 0.3) is 0 Å². The highest BCUT2D eigenvalue weighted by molar-refractivity contribution is 9.10. The van der Waals surface area contributed by atoms with Crippen LogP contribution in [0.25, 0.3) is 0 Å². The molecule has 1 atom stereocenters. The van der Waals surface area contributed by atoms with Crippen LogP contribution >= 0.6 is 27.3 Å². The molecule has 0 bridgehead atoms. The highest BCUT2D eigenvalue weighted by atomic mass is 79.9. The minimum absolute atomic E-state index is 0.362. The summed E-state index contributed by atoms with van der Waals surface area (Å²) in [4.78, 5) is 2.78. The molecule has 1 N–H and O–H groups in total. The third kappa shape index (κ3) is 3.96. The summed E-state index contributed by atoms with van der Waals surface area (Å²) < 4.78 is 3.27. The molecule has 0 aliphatic carbocycles. The van der Waals surface area contributed by atoms with E-state index in [0.717, 1.165) is 36.1 Å². The van der Waals surface area contributed by atoms with Crippen LogP contribution in [0.5, 0.6) is 0 Å². The lowest BCUT2D eigenvalue weighted by atomic mass is 10.1. The van der Waals surface area contributed by atoms with E-state index in [4.69, 9.17) is 0 Å². The fourth-order valence-corrected chi connectivity index (χ4v) is 3.89. The number of aryl methyl sites for hydroxylation is 3. The highest BCUT2D eigenvalue weighted by Crippen LogP contribution is 2.29. The molecule has 0 aromatic carbocycles. The highest BCUT2D eigenvalue weighted by Gasteiger charge is 2.19. The van der Waals surface area contributed by atoms with Crippen LogP contribution in [0.3, 0.4) is 0 Å². The molecule has 0 radical (unpaired) electrons. The Morgan fingerprint density at radius 3 is 2.67 bits per heavy atom. The Bertz CT molecular complexity index is 588. The van der Waals surface area contributed by atoms with Crippen LogP contribution in [0.4, 0.5) is 0 Å². The molecule has 1 unspecified atom stereocenters.